The van der Waals surface area contributed by atoms with Gasteiger partial charge in [-0.05, 0) is 42.0 Å². The Balaban J connectivity index is 1.40. The first-order valence-corrected chi connectivity index (χ1v) is 12.8. The van der Waals surface area contributed by atoms with E-state index in [1.807, 2.05) is 0 Å². The summed E-state index contributed by atoms with van der Waals surface area (Å²) in [6.07, 6.45) is -3.64. The number of amides is 1. The second-order valence-corrected chi connectivity index (χ2v) is 10.5. The van der Waals surface area contributed by atoms with E-state index in [1.54, 1.807) is 29.2 Å². The van der Waals surface area contributed by atoms with Gasteiger partial charge in [0, 0.05) is 31.5 Å². The molecule has 2 saturated heterocycles. The first kappa shape index (κ1) is 25.4. The van der Waals surface area contributed by atoms with Crippen LogP contribution in [0.15, 0.2) is 53.4 Å². The van der Waals surface area contributed by atoms with Crippen LogP contribution in [0.25, 0.3) is 0 Å². The van der Waals surface area contributed by atoms with Gasteiger partial charge in [-0.1, -0.05) is 12.1 Å². The summed E-state index contributed by atoms with van der Waals surface area (Å²) in [4.78, 5) is 16.9. The Morgan fingerprint density at radius 1 is 1.00 bits per heavy atom. The Hall–Kier alpha value is -2.67. The number of alkyl halides is 3. The van der Waals surface area contributed by atoms with Crippen LogP contribution in [0.3, 0.4) is 0 Å². The minimum absolute atomic E-state index is 0.163. The molecule has 1 amide bonds. The predicted octanol–water partition coefficient (Wildman–Crippen LogP) is 2.69. The van der Waals surface area contributed by atoms with Gasteiger partial charge in [-0.15, -0.1) is 13.2 Å². The van der Waals surface area contributed by atoms with Crippen LogP contribution in [0.5, 0.6) is 5.75 Å². The maximum Gasteiger partial charge on any atom is 0.573 e. The second-order valence-electron chi connectivity index (χ2n) is 8.53. The molecule has 2 aliphatic heterocycles. The van der Waals surface area contributed by atoms with Gasteiger partial charge in [0.2, 0.25) is 0 Å². The van der Waals surface area contributed by atoms with Crippen molar-refractivity contribution in [3.63, 3.8) is 0 Å². The topological polar surface area (TPSA) is 85.4 Å². The van der Waals surface area contributed by atoms with Crippen LogP contribution >= 0.6 is 0 Å². The molecule has 0 saturated carbocycles. The van der Waals surface area contributed by atoms with Gasteiger partial charge in [-0.3, -0.25) is 9.69 Å². The molecule has 8 nitrogen and oxygen atoms in total. The van der Waals surface area contributed by atoms with E-state index >= 15 is 0 Å². The summed E-state index contributed by atoms with van der Waals surface area (Å²) in [5.74, 6) is -1.77. The van der Waals surface area contributed by atoms with Crippen LogP contribution in [0.1, 0.15) is 15.9 Å². The molecule has 2 aromatic rings. The average Bonchev–Trinajstić information content (AvgIpc) is 2.78. The molecule has 2 fully saturated rings. The van der Waals surface area contributed by atoms with E-state index in [2.05, 4.69) is 9.64 Å². The van der Waals surface area contributed by atoms with Gasteiger partial charge in [0.05, 0.1) is 31.2 Å². The van der Waals surface area contributed by atoms with Gasteiger partial charge in [0.1, 0.15) is 5.75 Å². The molecule has 0 aliphatic carbocycles. The van der Waals surface area contributed by atoms with Crippen LogP contribution in [0.2, 0.25) is 0 Å². The Kier molecular flexibility index (Phi) is 7.09. The SMILES string of the molecule is CS(=O)(=O)c1ccc(CN2CCOC3(C2)CN(C(=O)c2ccc(OC(F)(F)F)cc2)CCO3)cc1. The molecular weight excluding hydrogens is 489 g/mol. The molecule has 35 heavy (non-hydrogen) atoms. The lowest BCUT2D eigenvalue weighted by atomic mass is 10.1. The molecular formula is C23H25F3N2O6S. The fraction of sp³-hybridized carbons (Fsp3) is 0.435. The van der Waals surface area contributed by atoms with Crippen molar-refractivity contribution in [2.24, 2.45) is 0 Å². The number of morpholine rings is 2. The summed E-state index contributed by atoms with van der Waals surface area (Å²) in [6, 6.07) is 11.5. The number of hydrogen-bond donors (Lipinski definition) is 0. The third kappa shape index (κ3) is 6.51. The fourth-order valence-electron chi connectivity index (χ4n) is 4.16. The van der Waals surface area contributed by atoms with Crippen LogP contribution < -0.4 is 4.74 Å². The summed E-state index contributed by atoms with van der Waals surface area (Å²) in [5.41, 5.74) is 1.16. The standard InChI is InChI=1S/C23H25F3N2O6S/c1-35(30,31)20-8-2-17(3-9-20)14-27-10-12-32-22(15-27)16-28(11-13-33-22)21(29)18-4-6-19(7-5-18)34-23(24,25)26/h2-9H,10-16H2,1H3. The van der Waals surface area contributed by atoms with Gasteiger partial charge in [0.25, 0.3) is 5.91 Å². The number of ether oxygens (including phenoxy) is 3. The maximum absolute atomic E-state index is 13.0. The molecule has 1 atom stereocenters. The van der Waals surface area contributed by atoms with Crippen LogP contribution in [0, 0.1) is 0 Å². The zero-order valence-electron chi connectivity index (χ0n) is 19.0. The van der Waals surface area contributed by atoms with E-state index in [0.717, 1.165) is 24.0 Å². The number of halogens is 3. The summed E-state index contributed by atoms with van der Waals surface area (Å²) in [7, 11) is -3.27. The molecule has 1 spiro atoms. The Morgan fingerprint density at radius 3 is 2.23 bits per heavy atom. The number of hydrogen-bond acceptors (Lipinski definition) is 7. The number of nitrogens with zero attached hydrogens (tertiary/aromatic N) is 2. The lowest BCUT2D eigenvalue weighted by Crippen LogP contribution is -2.62. The number of benzene rings is 2. The lowest BCUT2D eigenvalue weighted by Gasteiger charge is -2.47. The van der Waals surface area contributed by atoms with Gasteiger partial charge >= 0.3 is 6.36 Å². The zero-order chi connectivity index (χ0) is 25.3. The summed E-state index contributed by atoms with van der Waals surface area (Å²) < 4.78 is 76.2. The molecule has 0 bridgehead atoms. The molecule has 0 aromatic heterocycles. The van der Waals surface area contributed by atoms with E-state index in [1.165, 1.54) is 12.1 Å². The van der Waals surface area contributed by atoms with E-state index in [4.69, 9.17) is 9.47 Å². The maximum atomic E-state index is 13.0. The monoisotopic (exact) mass is 514 g/mol. The van der Waals surface area contributed by atoms with Crippen molar-refractivity contribution in [3.05, 3.63) is 59.7 Å². The highest BCUT2D eigenvalue weighted by atomic mass is 32.2. The number of carbonyl (C=O) groups excluding carboxylic acids is 1. The highest BCUT2D eigenvalue weighted by molar-refractivity contribution is 7.90. The quantitative estimate of drug-likeness (QED) is 0.607. The average molecular weight is 515 g/mol. The summed E-state index contributed by atoms with van der Waals surface area (Å²) in [5, 5.41) is 0. The van der Waals surface area contributed by atoms with Crippen molar-refractivity contribution in [2.45, 2.75) is 23.6 Å². The second kappa shape index (κ2) is 9.76. The number of carbonyl (C=O) groups is 1. The van der Waals surface area contributed by atoms with Crippen molar-refractivity contribution in [2.75, 3.05) is 45.6 Å². The molecule has 2 aromatic carbocycles. The fourth-order valence-corrected chi connectivity index (χ4v) is 4.79. The first-order valence-electron chi connectivity index (χ1n) is 10.9. The van der Waals surface area contributed by atoms with E-state index in [0.29, 0.717) is 32.8 Å². The minimum Gasteiger partial charge on any atom is -0.406 e. The van der Waals surface area contributed by atoms with Crippen LogP contribution in [-0.2, 0) is 25.9 Å². The molecule has 1 unspecified atom stereocenters. The normalized spacial score (nSPS) is 21.8. The Bertz CT molecular complexity index is 1150. The van der Waals surface area contributed by atoms with Crippen molar-refractivity contribution in [1.29, 1.82) is 0 Å². The van der Waals surface area contributed by atoms with Gasteiger partial charge in [-0.2, -0.15) is 0 Å². The molecule has 0 radical (unpaired) electrons. The van der Waals surface area contributed by atoms with Crippen molar-refractivity contribution in [3.8, 4) is 5.75 Å². The molecule has 190 valence electrons. The third-order valence-electron chi connectivity index (χ3n) is 5.77. The summed E-state index contributed by atoms with van der Waals surface area (Å²) in [6.45, 7) is 2.68. The molecule has 2 heterocycles. The highest BCUT2D eigenvalue weighted by Crippen LogP contribution is 2.28. The van der Waals surface area contributed by atoms with Gasteiger partial charge < -0.3 is 19.1 Å². The van der Waals surface area contributed by atoms with Crippen molar-refractivity contribution in [1.82, 2.24) is 9.80 Å². The van der Waals surface area contributed by atoms with E-state index in [-0.39, 0.29) is 29.5 Å². The highest BCUT2D eigenvalue weighted by Gasteiger charge is 2.43. The first-order chi connectivity index (χ1) is 16.4. The largest absolute Gasteiger partial charge is 0.573 e. The molecule has 4 rings (SSSR count). The Morgan fingerprint density at radius 2 is 1.63 bits per heavy atom. The molecule has 12 heteroatoms. The van der Waals surface area contributed by atoms with Crippen molar-refractivity contribution < 1.29 is 40.6 Å². The lowest BCUT2D eigenvalue weighted by molar-refractivity contribution is -0.287. The Labute approximate surface area is 201 Å². The van der Waals surface area contributed by atoms with Gasteiger partial charge in [0.15, 0.2) is 15.6 Å². The van der Waals surface area contributed by atoms with Crippen molar-refractivity contribution >= 4 is 15.7 Å². The number of sulfone groups is 1. The molecule has 2 aliphatic rings. The number of rotatable bonds is 5. The third-order valence-corrected chi connectivity index (χ3v) is 6.90. The minimum atomic E-state index is -4.80. The van der Waals surface area contributed by atoms with Crippen LogP contribution in [-0.4, -0.2) is 81.9 Å². The molecule has 0 N–H and O–H groups in total. The smallest absolute Gasteiger partial charge is 0.406 e. The van der Waals surface area contributed by atoms with Crippen LogP contribution in [0.4, 0.5) is 13.2 Å². The summed E-state index contributed by atoms with van der Waals surface area (Å²) >= 11 is 0. The van der Waals surface area contributed by atoms with E-state index in [9.17, 15) is 26.4 Å². The van der Waals surface area contributed by atoms with Gasteiger partial charge in [-0.25, -0.2) is 8.42 Å². The van der Waals surface area contributed by atoms with E-state index < -0.39 is 27.7 Å². The predicted molar refractivity (Wildman–Crippen MR) is 118 cm³/mol. The zero-order valence-corrected chi connectivity index (χ0v) is 19.8.